The summed E-state index contributed by atoms with van der Waals surface area (Å²) in [7, 11) is 0. The minimum absolute atomic E-state index is 0.0950. The number of hydrogen-bond donors (Lipinski definition) is 2. The van der Waals surface area contributed by atoms with E-state index in [1.165, 1.54) is 24.3 Å². The second-order valence-electron chi connectivity index (χ2n) is 8.96. The third-order valence-corrected chi connectivity index (χ3v) is 6.75. The van der Waals surface area contributed by atoms with Crippen molar-refractivity contribution in [2.24, 2.45) is 0 Å². The van der Waals surface area contributed by atoms with Gasteiger partial charge in [0.25, 0.3) is 0 Å². The molecule has 0 unspecified atom stereocenters. The average Bonchev–Trinajstić information content (AvgIpc) is 3.20. The van der Waals surface area contributed by atoms with Crippen LogP contribution in [0, 0.1) is 0 Å². The van der Waals surface area contributed by atoms with Gasteiger partial charge in [-0.25, -0.2) is 4.79 Å². The number of carboxylic acids is 1. The molecule has 3 aliphatic rings. The minimum Gasteiger partial charge on any atom is -0.489 e. The van der Waals surface area contributed by atoms with Crippen LogP contribution in [0.5, 0.6) is 11.5 Å². The van der Waals surface area contributed by atoms with Gasteiger partial charge >= 0.3 is 12.3 Å². The zero-order valence-electron chi connectivity index (χ0n) is 18.8. The number of fused-ring (bicyclic) bond motifs is 1. The topological polar surface area (TPSA) is 80.3 Å². The van der Waals surface area contributed by atoms with Crippen LogP contribution in [0.15, 0.2) is 60.4 Å². The van der Waals surface area contributed by atoms with Crippen LogP contribution in [0.4, 0.5) is 13.2 Å². The Balaban J connectivity index is 1.17. The molecular formula is C25H25F3N2O5. The summed E-state index contributed by atoms with van der Waals surface area (Å²) in [6.45, 7) is 0.838. The largest absolute Gasteiger partial charge is 0.573 e. The van der Waals surface area contributed by atoms with Crippen molar-refractivity contribution in [3.63, 3.8) is 0 Å². The number of halogens is 3. The van der Waals surface area contributed by atoms with E-state index >= 15 is 0 Å². The van der Waals surface area contributed by atoms with Crippen molar-refractivity contribution in [3.8, 4) is 11.5 Å². The Bertz CT molecular complexity index is 1100. The number of benzene rings is 2. The number of ether oxygens (including phenoxy) is 3. The standard InChI is InChI=1S/C25H25F3N2O5/c26-25(27,28)35-19-6-2-16(3-7-19)15-33-18-8-4-17(5-9-18)22-29-20-14-30(13-10-21(20)34-22)24(23(31)32)11-1-12-24/h2-9,14,21-22,29H,1,10-13,15H2,(H,31,32)/t21-,22+/m1/s1. The van der Waals surface area contributed by atoms with Crippen LogP contribution in [0.25, 0.3) is 0 Å². The molecule has 0 bridgehead atoms. The quantitative estimate of drug-likeness (QED) is 0.582. The second kappa shape index (κ2) is 8.99. The second-order valence-corrected chi connectivity index (χ2v) is 8.96. The number of aliphatic carboxylic acids is 1. The van der Waals surface area contributed by atoms with Crippen LogP contribution in [0.1, 0.15) is 43.0 Å². The number of hydrogen-bond acceptors (Lipinski definition) is 6. The van der Waals surface area contributed by atoms with E-state index in [1.807, 2.05) is 23.2 Å². The lowest BCUT2D eigenvalue weighted by Crippen LogP contribution is -2.58. The fraction of sp³-hybridized carbons (Fsp3) is 0.400. The molecule has 186 valence electrons. The third kappa shape index (κ3) is 4.88. The van der Waals surface area contributed by atoms with Crippen molar-refractivity contribution in [1.29, 1.82) is 0 Å². The predicted molar refractivity (Wildman–Crippen MR) is 118 cm³/mol. The van der Waals surface area contributed by atoms with Crippen molar-refractivity contribution in [2.45, 2.75) is 56.5 Å². The van der Waals surface area contributed by atoms with Gasteiger partial charge in [0.1, 0.15) is 29.7 Å². The van der Waals surface area contributed by atoms with E-state index in [4.69, 9.17) is 9.47 Å². The highest BCUT2D eigenvalue weighted by Gasteiger charge is 2.50. The van der Waals surface area contributed by atoms with Crippen molar-refractivity contribution in [1.82, 2.24) is 10.2 Å². The van der Waals surface area contributed by atoms with Crippen LogP contribution in [0.2, 0.25) is 0 Å². The summed E-state index contributed by atoms with van der Waals surface area (Å²) in [5, 5.41) is 13.1. The summed E-state index contributed by atoms with van der Waals surface area (Å²) in [6, 6.07) is 12.9. The highest BCUT2D eigenvalue weighted by Crippen LogP contribution is 2.42. The molecule has 2 heterocycles. The molecule has 0 radical (unpaired) electrons. The SMILES string of the molecule is O=C(O)C1(N2C=C3N[C@H](c4ccc(OCc5ccc(OC(F)(F)F)cc5)cc4)O[C@@H]3CC2)CCC1. The Morgan fingerprint density at radius 2 is 1.80 bits per heavy atom. The molecule has 2 atom stereocenters. The van der Waals surface area contributed by atoms with Crippen molar-refractivity contribution >= 4 is 5.97 Å². The highest BCUT2D eigenvalue weighted by molar-refractivity contribution is 5.80. The van der Waals surface area contributed by atoms with Gasteiger partial charge < -0.3 is 29.5 Å². The lowest BCUT2D eigenvalue weighted by atomic mass is 9.75. The first-order valence-electron chi connectivity index (χ1n) is 11.4. The van der Waals surface area contributed by atoms with E-state index in [0.29, 0.717) is 30.7 Å². The third-order valence-electron chi connectivity index (χ3n) is 6.75. The summed E-state index contributed by atoms with van der Waals surface area (Å²) >= 11 is 0. The van der Waals surface area contributed by atoms with E-state index in [2.05, 4.69) is 10.1 Å². The zero-order chi connectivity index (χ0) is 24.6. The van der Waals surface area contributed by atoms with Crippen LogP contribution in [0.3, 0.4) is 0 Å². The van der Waals surface area contributed by atoms with Crippen molar-refractivity contribution in [3.05, 3.63) is 71.6 Å². The van der Waals surface area contributed by atoms with Crippen LogP contribution >= 0.6 is 0 Å². The van der Waals surface area contributed by atoms with Gasteiger partial charge in [-0.15, -0.1) is 13.2 Å². The molecule has 10 heteroatoms. The Labute approximate surface area is 200 Å². The Morgan fingerprint density at radius 3 is 2.40 bits per heavy atom. The van der Waals surface area contributed by atoms with E-state index in [1.54, 1.807) is 12.1 Å². The van der Waals surface area contributed by atoms with Gasteiger partial charge in [-0.05, 0) is 55.5 Å². The molecule has 2 aromatic rings. The zero-order valence-corrected chi connectivity index (χ0v) is 18.8. The van der Waals surface area contributed by atoms with Crippen LogP contribution < -0.4 is 14.8 Å². The Kier molecular flexibility index (Phi) is 6.00. The number of rotatable bonds is 7. The van der Waals surface area contributed by atoms with E-state index < -0.39 is 17.9 Å². The summed E-state index contributed by atoms with van der Waals surface area (Å²) in [5.41, 5.74) is 1.72. The fourth-order valence-corrected chi connectivity index (χ4v) is 4.68. The average molecular weight is 490 g/mol. The van der Waals surface area contributed by atoms with E-state index in [0.717, 1.165) is 24.1 Å². The summed E-state index contributed by atoms with van der Waals surface area (Å²) in [5.74, 6) is -0.437. The van der Waals surface area contributed by atoms with Gasteiger partial charge in [-0.3, -0.25) is 0 Å². The van der Waals surface area contributed by atoms with Gasteiger partial charge in [0.05, 0.1) is 5.70 Å². The normalized spacial score (nSPS) is 22.9. The first-order chi connectivity index (χ1) is 16.7. The molecule has 2 fully saturated rings. The molecule has 0 aromatic heterocycles. The van der Waals surface area contributed by atoms with Gasteiger partial charge in [0.2, 0.25) is 0 Å². The summed E-state index contributed by atoms with van der Waals surface area (Å²) in [4.78, 5) is 13.8. The van der Waals surface area contributed by atoms with E-state index in [9.17, 15) is 23.1 Å². The van der Waals surface area contributed by atoms with E-state index in [-0.39, 0.29) is 24.7 Å². The van der Waals surface area contributed by atoms with Crippen molar-refractivity contribution < 1.29 is 37.3 Å². The molecule has 2 N–H and O–H groups in total. The molecule has 0 spiro atoms. The molecule has 2 aromatic carbocycles. The Morgan fingerprint density at radius 1 is 1.11 bits per heavy atom. The molecule has 0 amide bonds. The molecule has 1 aliphatic carbocycles. The maximum atomic E-state index is 12.3. The lowest BCUT2D eigenvalue weighted by molar-refractivity contribution is -0.274. The summed E-state index contributed by atoms with van der Waals surface area (Å²) < 4.78 is 52.6. The van der Waals surface area contributed by atoms with Gasteiger partial charge in [-0.2, -0.15) is 0 Å². The number of alkyl halides is 3. The predicted octanol–water partition coefficient (Wildman–Crippen LogP) is 4.71. The maximum absolute atomic E-state index is 12.3. The molecule has 2 aliphatic heterocycles. The number of nitrogens with zero attached hydrogens (tertiary/aromatic N) is 1. The van der Waals surface area contributed by atoms with Gasteiger partial charge in [0, 0.05) is 18.3 Å². The summed E-state index contributed by atoms with van der Waals surface area (Å²) in [6.07, 6.45) is -0.285. The molecule has 35 heavy (non-hydrogen) atoms. The van der Waals surface area contributed by atoms with Crippen LogP contribution in [-0.4, -0.2) is 40.5 Å². The van der Waals surface area contributed by atoms with Crippen molar-refractivity contribution in [2.75, 3.05) is 6.54 Å². The molecule has 1 saturated carbocycles. The molecule has 7 nitrogen and oxygen atoms in total. The number of nitrogens with one attached hydrogen (secondary N) is 1. The molecular weight excluding hydrogens is 465 g/mol. The fourth-order valence-electron chi connectivity index (χ4n) is 4.68. The highest BCUT2D eigenvalue weighted by atomic mass is 19.4. The molecule has 5 rings (SSSR count). The van der Waals surface area contributed by atoms with Gasteiger partial charge in [0.15, 0.2) is 6.23 Å². The minimum atomic E-state index is -4.72. The Hall–Kier alpha value is -3.40. The maximum Gasteiger partial charge on any atom is 0.573 e. The molecule has 1 saturated heterocycles. The number of carboxylic acid groups (broad SMARTS) is 1. The first-order valence-corrected chi connectivity index (χ1v) is 11.4. The first kappa shape index (κ1) is 23.3. The van der Waals surface area contributed by atoms with Crippen LogP contribution in [-0.2, 0) is 16.1 Å². The lowest BCUT2D eigenvalue weighted by Gasteiger charge is -2.48. The van der Waals surface area contributed by atoms with Gasteiger partial charge in [-0.1, -0.05) is 24.3 Å². The monoisotopic (exact) mass is 490 g/mol. The number of carbonyl (C=O) groups is 1. The smallest absolute Gasteiger partial charge is 0.489 e.